The molecule has 0 unspecified atom stereocenters. The van der Waals surface area contributed by atoms with E-state index in [0.717, 1.165) is 0 Å². The Kier molecular flexibility index (Phi) is 5.12. The van der Waals surface area contributed by atoms with Gasteiger partial charge in [-0.2, -0.15) is 0 Å². The summed E-state index contributed by atoms with van der Waals surface area (Å²) in [7, 11) is 0. The molecular weight excluding hydrogens is 326 g/mol. The molecule has 2 aliphatic rings. The first-order valence-electron chi connectivity index (χ1n) is 8.15. The first kappa shape index (κ1) is 17.3. The molecule has 3 N–H and O–H groups in total. The third kappa shape index (κ3) is 3.43. The number of piperazine rings is 1. The van der Waals surface area contributed by atoms with Crippen LogP contribution in [0.25, 0.3) is 0 Å². The van der Waals surface area contributed by atoms with Crippen LogP contribution in [0.3, 0.4) is 0 Å². The lowest BCUT2D eigenvalue weighted by molar-refractivity contribution is -0.149. The van der Waals surface area contributed by atoms with Gasteiger partial charge in [0.1, 0.15) is 12.1 Å². The maximum Gasteiger partial charge on any atom is 0.248 e. The van der Waals surface area contributed by atoms with E-state index in [9.17, 15) is 14.7 Å². The van der Waals surface area contributed by atoms with Gasteiger partial charge in [-0.15, -0.1) is 11.8 Å². The minimum atomic E-state index is -0.885. The monoisotopic (exact) mass is 349 g/mol. The second-order valence-electron chi connectivity index (χ2n) is 6.40. The zero-order valence-corrected chi connectivity index (χ0v) is 14.7. The Bertz CT molecular complexity index is 637. The van der Waals surface area contributed by atoms with Crippen molar-refractivity contribution in [2.24, 2.45) is 0 Å². The van der Waals surface area contributed by atoms with Gasteiger partial charge in [-0.1, -0.05) is 12.1 Å². The molecule has 2 fully saturated rings. The first-order chi connectivity index (χ1) is 11.5. The van der Waals surface area contributed by atoms with Gasteiger partial charge in [-0.3, -0.25) is 9.59 Å². The highest BCUT2D eigenvalue weighted by Gasteiger charge is 2.47. The highest BCUT2D eigenvalue weighted by molar-refractivity contribution is 7.98. The third-order valence-electron chi connectivity index (χ3n) is 4.66. The lowest BCUT2D eigenvalue weighted by Gasteiger charge is -2.35. The van der Waals surface area contributed by atoms with Gasteiger partial charge in [-0.25, -0.2) is 0 Å². The molecule has 0 aliphatic carbocycles. The van der Waals surface area contributed by atoms with Crippen molar-refractivity contribution in [3.63, 3.8) is 0 Å². The number of benzene rings is 1. The summed E-state index contributed by atoms with van der Waals surface area (Å²) >= 11 is 1.70. The van der Waals surface area contributed by atoms with Crippen molar-refractivity contribution in [2.45, 2.75) is 49.0 Å². The van der Waals surface area contributed by atoms with Crippen molar-refractivity contribution in [3.8, 4) is 0 Å². The standard InChI is InChI=1S/C17H23N3O3S/c1-10(21)15-17(23)20-9-12(7-14(20)16(22)19-15)18-8-11-4-3-5-13(6-11)24-2/h3-6,10,12,14-15,18,21H,7-9H2,1-2H3,(H,19,22)/t10-,12-,14-,15+/m0/s1. The summed E-state index contributed by atoms with van der Waals surface area (Å²) in [5.41, 5.74) is 1.18. The number of carbonyl (C=O) groups is 2. The predicted octanol–water partition coefficient (Wildman–Crippen LogP) is 0.347. The second kappa shape index (κ2) is 7.13. The number of nitrogens with zero attached hydrogens (tertiary/aromatic N) is 1. The van der Waals surface area contributed by atoms with Crippen molar-refractivity contribution in [1.29, 1.82) is 0 Å². The quantitative estimate of drug-likeness (QED) is 0.668. The summed E-state index contributed by atoms with van der Waals surface area (Å²) in [4.78, 5) is 27.4. The Hall–Kier alpha value is -1.57. The molecule has 4 atom stereocenters. The molecule has 0 saturated carbocycles. The van der Waals surface area contributed by atoms with E-state index in [4.69, 9.17) is 0 Å². The van der Waals surface area contributed by atoms with E-state index >= 15 is 0 Å². The van der Waals surface area contributed by atoms with Gasteiger partial charge < -0.3 is 20.6 Å². The van der Waals surface area contributed by atoms with Crippen molar-refractivity contribution in [3.05, 3.63) is 29.8 Å². The lowest BCUT2D eigenvalue weighted by Crippen LogP contribution is -2.64. The number of fused-ring (bicyclic) bond motifs is 1. The minimum absolute atomic E-state index is 0.0791. The summed E-state index contributed by atoms with van der Waals surface area (Å²) in [6.45, 7) is 2.73. The van der Waals surface area contributed by atoms with E-state index in [1.165, 1.54) is 17.4 Å². The number of hydrogen-bond acceptors (Lipinski definition) is 5. The number of amides is 2. The van der Waals surface area contributed by atoms with Gasteiger partial charge in [0.25, 0.3) is 0 Å². The van der Waals surface area contributed by atoms with Crippen LogP contribution in [0.1, 0.15) is 18.9 Å². The maximum atomic E-state index is 12.4. The van der Waals surface area contributed by atoms with Crippen molar-refractivity contribution in [1.82, 2.24) is 15.5 Å². The molecule has 2 saturated heterocycles. The van der Waals surface area contributed by atoms with Gasteiger partial charge in [0.05, 0.1) is 6.10 Å². The fourth-order valence-corrected chi connectivity index (χ4v) is 3.82. The van der Waals surface area contributed by atoms with E-state index in [1.54, 1.807) is 16.7 Å². The summed E-state index contributed by atoms with van der Waals surface area (Å²) in [5.74, 6) is -0.363. The van der Waals surface area contributed by atoms with E-state index in [2.05, 4.69) is 28.8 Å². The Balaban J connectivity index is 1.62. The van der Waals surface area contributed by atoms with Crippen LogP contribution in [-0.2, 0) is 16.1 Å². The van der Waals surface area contributed by atoms with Gasteiger partial charge >= 0.3 is 0 Å². The molecule has 2 amide bonds. The third-order valence-corrected chi connectivity index (χ3v) is 5.39. The van der Waals surface area contributed by atoms with Crippen LogP contribution in [0, 0.1) is 0 Å². The smallest absolute Gasteiger partial charge is 0.248 e. The second-order valence-corrected chi connectivity index (χ2v) is 7.28. The number of aliphatic hydroxyl groups is 1. The number of aliphatic hydroxyl groups excluding tert-OH is 1. The molecule has 0 radical (unpaired) electrons. The van der Waals surface area contributed by atoms with E-state index < -0.39 is 18.2 Å². The zero-order valence-electron chi connectivity index (χ0n) is 13.9. The van der Waals surface area contributed by atoms with Gasteiger partial charge in [-0.05, 0) is 37.3 Å². The van der Waals surface area contributed by atoms with Crippen molar-refractivity contribution >= 4 is 23.6 Å². The number of nitrogens with one attached hydrogen (secondary N) is 2. The maximum absolute atomic E-state index is 12.4. The summed E-state index contributed by atoms with van der Waals surface area (Å²) in [6.07, 6.45) is 1.76. The SMILES string of the molecule is CSc1cccc(CN[C@H]2C[C@H]3C(=O)N[C@H]([C@H](C)O)C(=O)N3C2)c1. The van der Waals surface area contributed by atoms with E-state index in [1.807, 2.05) is 12.3 Å². The normalized spacial score (nSPS) is 27.8. The largest absolute Gasteiger partial charge is 0.391 e. The molecule has 0 aromatic heterocycles. The molecular formula is C17H23N3O3S. The highest BCUT2D eigenvalue weighted by atomic mass is 32.2. The van der Waals surface area contributed by atoms with Crippen molar-refractivity contribution in [2.75, 3.05) is 12.8 Å². The van der Waals surface area contributed by atoms with Gasteiger partial charge in [0.15, 0.2) is 0 Å². The van der Waals surface area contributed by atoms with Crippen LogP contribution >= 0.6 is 11.8 Å². The predicted molar refractivity (Wildman–Crippen MR) is 92.6 cm³/mol. The molecule has 0 bridgehead atoms. The first-order valence-corrected chi connectivity index (χ1v) is 9.37. The number of rotatable bonds is 5. The molecule has 7 heteroatoms. The molecule has 1 aromatic carbocycles. The summed E-state index contributed by atoms with van der Waals surface area (Å²) in [6, 6.07) is 7.13. The number of thioether (sulfide) groups is 1. The lowest BCUT2D eigenvalue weighted by atomic mass is 10.0. The van der Waals surface area contributed by atoms with Crippen LogP contribution < -0.4 is 10.6 Å². The minimum Gasteiger partial charge on any atom is -0.391 e. The molecule has 2 aliphatic heterocycles. The summed E-state index contributed by atoms with van der Waals surface area (Å²) in [5, 5.41) is 15.8. The molecule has 3 rings (SSSR count). The van der Waals surface area contributed by atoms with E-state index in [0.29, 0.717) is 19.5 Å². The fourth-order valence-electron chi connectivity index (χ4n) is 3.34. The Morgan fingerprint density at radius 3 is 2.96 bits per heavy atom. The topological polar surface area (TPSA) is 81.7 Å². The number of hydrogen-bond donors (Lipinski definition) is 3. The Morgan fingerprint density at radius 1 is 1.46 bits per heavy atom. The van der Waals surface area contributed by atoms with Crippen LogP contribution in [-0.4, -0.2) is 58.9 Å². The summed E-state index contributed by atoms with van der Waals surface area (Å²) < 4.78 is 0. The fraction of sp³-hybridized carbons (Fsp3) is 0.529. The molecule has 1 aromatic rings. The van der Waals surface area contributed by atoms with Crippen LogP contribution in [0.4, 0.5) is 0 Å². The van der Waals surface area contributed by atoms with Crippen LogP contribution in [0.5, 0.6) is 0 Å². The zero-order chi connectivity index (χ0) is 17.3. The van der Waals surface area contributed by atoms with E-state index in [-0.39, 0.29) is 17.9 Å². The molecule has 24 heavy (non-hydrogen) atoms. The van der Waals surface area contributed by atoms with Gasteiger partial charge in [0, 0.05) is 24.0 Å². The Labute approximate surface area is 146 Å². The van der Waals surface area contributed by atoms with Gasteiger partial charge in [0.2, 0.25) is 11.8 Å². The molecule has 0 spiro atoms. The molecule has 2 heterocycles. The van der Waals surface area contributed by atoms with Crippen molar-refractivity contribution < 1.29 is 14.7 Å². The van der Waals surface area contributed by atoms with Crippen LogP contribution in [0.2, 0.25) is 0 Å². The Morgan fingerprint density at radius 2 is 2.25 bits per heavy atom. The highest BCUT2D eigenvalue weighted by Crippen LogP contribution is 2.24. The molecule has 6 nitrogen and oxygen atoms in total. The average Bonchev–Trinajstić information content (AvgIpc) is 3.01. The molecule has 130 valence electrons. The van der Waals surface area contributed by atoms with Crippen LogP contribution in [0.15, 0.2) is 29.2 Å². The average molecular weight is 349 g/mol. The number of carbonyl (C=O) groups excluding carboxylic acids is 2.